The highest BCUT2D eigenvalue weighted by Crippen LogP contribution is 1.86. The van der Waals surface area contributed by atoms with Gasteiger partial charge in [0.1, 0.15) is 0 Å². The van der Waals surface area contributed by atoms with Crippen LogP contribution in [0.5, 0.6) is 0 Å². The van der Waals surface area contributed by atoms with Crippen LogP contribution in [-0.2, 0) is 0 Å². The van der Waals surface area contributed by atoms with Gasteiger partial charge in [-0.3, -0.25) is 0 Å². The van der Waals surface area contributed by atoms with Crippen molar-refractivity contribution in [3.05, 3.63) is 36.5 Å². The zero-order chi connectivity index (χ0) is 11.8. The molecule has 0 radical (unpaired) electrons. The fourth-order valence-corrected chi connectivity index (χ4v) is 0.334. The lowest BCUT2D eigenvalue weighted by molar-refractivity contribution is 0.318. The Balaban J connectivity index is -0.000000205. The van der Waals surface area contributed by atoms with Crippen LogP contribution < -0.4 is 0 Å². The molecule has 0 rings (SSSR count). The topological polar surface area (TPSA) is 44.1 Å². The van der Waals surface area contributed by atoms with Gasteiger partial charge < -0.3 is 10.5 Å². The van der Waals surface area contributed by atoms with E-state index in [1.54, 1.807) is 13.0 Å². The second kappa shape index (κ2) is 22.6. The fourth-order valence-electron chi connectivity index (χ4n) is 0.334. The molecule has 0 heterocycles. The van der Waals surface area contributed by atoms with Crippen LogP contribution in [0.2, 0.25) is 0 Å². The molecule has 0 saturated heterocycles. The molecule has 0 aromatic heterocycles. The summed E-state index contributed by atoms with van der Waals surface area (Å²) in [6.07, 6.45) is 8.55. The number of hydrogen-bond donors (Lipinski definition) is 2. The standard InChI is InChI=1S/C8H11N.C2H6O.C2H6/c1-3-4-5-6-8(2)7-9;1-2-3;1-2/h3-7,9H,1H2,2H3;3H,2H2,1H3;1-2H3/b5-4-,8-6+,9-7?;;. The second-order valence-corrected chi connectivity index (χ2v) is 1.99. The average molecular weight is 197 g/mol. The van der Waals surface area contributed by atoms with Gasteiger partial charge in [-0.15, -0.1) is 0 Å². The molecule has 0 bridgehead atoms. The quantitative estimate of drug-likeness (QED) is 0.529. The number of aliphatic hydroxyl groups is 1. The molecule has 2 nitrogen and oxygen atoms in total. The van der Waals surface area contributed by atoms with E-state index < -0.39 is 0 Å². The molecule has 0 aromatic carbocycles. The van der Waals surface area contributed by atoms with Gasteiger partial charge in [-0.25, -0.2) is 0 Å². The van der Waals surface area contributed by atoms with E-state index in [9.17, 15) is 0 Å². The van der Waals surface area contributed by atoms with Crippen molar-refractivity contribution in [2.45, 2.75) is 27.7 Å². The highest BCUT2D eigenvalue weighted by atomic mass is 16.2. The first kappa shape index (κ1) is 18.6. The average Bonchev–Trinajstić information content (AvgIpc) is 2.22. The van der Waals surface area contributed by atoms with Crippen LogP contribution in [-0.4, -0.2) is 17.9 Å². The van der Waals surface area contributed by atoms with Crippen molar-refractivity contribution in [3.63, 3.8) is 0 Å². The zero-order valence-electron chi connectivity index (χ0n) is 9.75. The Morgan fingerprint density at radius 2 is 1.79 bits per heavy atom. The molecule has 0 saturated carbocycles. The monoisotopic (exact) mass is 197 g/mol. The molecule has 0 aliphatic heterocycles. The van der Waals surface area contributed by atoms with Crippen molar-refractivity contribution in [3.8, 4) is 0 Å². The third-order valence-corrected chi connectivity index (χ3v) is 0.834. The number of allylic oxidation sites excluding steroid dienone is 5. The van der Waals surface area contributed by atoms with E-state index in [2.05, 4.69) is 6.58 Å². The molecular weight excluding hydrogens is 174 g/mol. The van der Waals surface area contributed by atoms with Crippen LogP contribution in [0.15, 0.2) is 36.5 Å². The minimum atomic E-state index is 0.250. The molecule has 0 fully saturated rings. The third-order valence-electron chi connectivity index (χ3n) is 0.834. The van der Waals surface area contributed by atoms with Crippen molar-refractivity contribution < 1.29 is 5.11 Å². The van der Waals surface area contributed by atoms with Crippen molar-refractivity contribution in [1.29, 1.82) is 5.41 Å². The Hall–Kier alpha value is -1.15. The Morgan fingerprint density at radius 1 is 1.36 bits per heavy atom. The minimum Gasteiger partial charge on any atom is -0.397 e. The molecule has 0 amide bonds. The summed E-state index contributed by atoms with van der Waals surface area (Å²) in [5.74, 6) is 0. The molecule has 2 heteroatoms. The Labute approximate surface area is 88.2 Å². The first-order valence-corrected chi connectivity index (χ1v) is 4.80. The number of rotatable bonds is 3. The molecule has 0 aliphatic rings. The van der Waals surface area contributed by atoms with E-state index in [1.165, 1.54) is 6.21 Å². The predicted octanol–water partition coefficient (Wildman–Crippen LogP) is 3.35. The maximum absolute atomic E-state index is 7.57. The van der Waals surface area contributed by atoms with Crippen LogP contribution in [0.4, 0.5) is 0 Å². The Kier molecular flexibility index (Phi) is 30.1. The molecule has 2 N–H and O–H groups in total. The van der Waals surface area contributed by atoms with Gasteiger partial charge in [0.2, 0.25) is 0 Å². The third kappa shape index (κ3) is 30.8. The van der Waals surface area contributed by atoms with E-state index in [0.717, 1.165) is 5.57 Å². The van der Waals surface area contributed by atoms with E-state index >= 15 is 0 Å². The van der Waals surface area contributed by atoms with E-state index in [1.807, 2.05) is 39.0 Å². The van der Waals surface area contributed by atoms with Crippen LogP contribution in [0.1, 0.15) is 27.7 Å². The highest BCUT2D eigenvalue weighted by molar-refractivity contribution is 5.75. The second-order valence-electron chi connectivity index (χ2n) is 1.99. The summed E-state index contributed by atoms with van der Waals surface area (Å²) in [4.78, 5) is 0. The lowest BCUT2D eigenvalue weighted by Crippen LogP contribution is -1.70. The maximum Gasteiger partial charge on any atom is 0.0402 e. The van der Waals surface area contributed by atoms with Crippen molar-refractivity contribution in [2.24, 2.45) is 0 Å². The highest BCUT2D eigenvalue weighted by Gasteiger charge is 1.72. The van der Waals surface area contributed by atoms with Gasteiger partial charge in [0.15, 0.2) is 0 Å². The van der Waals surface area contributed by atoms with Gasteiger partial charge in [0, 0.05) is 12.8 Å². The smallest absolute Gasteiger partial charge is 0.0402 e. The van der Waals surface area contributed by atoms with Gasteiger partial charge >= 0.3 is 0 Å². The molecule has 0 spiro atoms. The van der Waals surface area contributed by atoms with Crippen molar-refractivity contribution in [2.75, 3.05) is 6.61 Å². The molecular formula is C12H23NO. The largest absolute Gasteiger partial charge is 0.397 e. The number of aliphatic hydroxyl groups excluding tert-OH is 1. The first-order chi connectivity index (χ1) is 6.72. The van der Waals surface area contributed by atoms with Crippen LogP contribution in [0, 0.1) is 5.41 Å². The van der Waals surface area contributed by atoms with Crippen molar-refractivity contribution in [1.82, 2.24) is 0 Å². The SMILES string of the molecule is C=C/C=C\C=C(/C)C=N.CC.CCO. The Morgan fingerprint density at radius 3 is 2.07 bits per heavy atom. The summed E-state index contributed by atoms with van der Waals surface area (Å²) in [5, 5.41) is 14.4. The fraction of sp³-hybridized carbons (Fsp3) is 0.417. The number of hydrogen-bond acceptors (Lipinski definition) is 2. The van der Waals surface area contributed by atoms with Gasteiger partial charge in [0.25, 0.3) is 0 Å². The lowest BCUT2D eigenvalue weighted by Gasteiger charge is -1.80. The lowest BCUT2D eigenvalue weighted by atomic mass is 10.3. The summed E-state index contributed by atoms with van der Waals surface area (Å²) in [6, 6.07) is 0. The molecule has 0 aromatic rings. The van der Waals surface area contributed by atoms with Gasteiger partial charge in [-0.2, -0.15) is 0 Å². The molecule has 0 unspecified atom stereocenters. The molecule has 0 aliphatic carbocycles. The summed E-state index contributed by atoms with van der Waals surface area (Å²) < 4.78 is 0. The Bertz CT molecular complexity index is 169. The normalized spacial score (nSPS) is 9.36. The van der Waals surface area contributed by atoms with Crippen LogP contribution >= 0.6 is 0 Å². The van der Waals surface area contributed by atoms with Gasteiger partial charge in [0.05, 0.1) is 0 Å². The zero-order valence-corrected chi connectivity index (χ0v) is 9.75. The first-order valence-electron chi connectivity index (χ1n) is 4.80. The predicted molar refractivity (Wildman–Crippen MR) is 66.0 cm³/mol. The maximum atomic E-state index is 7.57. The molecule has 82 valence electrons. The van der Waals surface area contributed by atoms with Crippen molar-refractivity contribution >= 4 is 6.21 Å². The molecule has 0 atom stereocenters. The van der Waals surface area contributed by atoms with E-state index in [4.69, 9.17) is 10.5 Å². The van der Waals surface area contributed by atoms with Gasteiger partial charge in [-0.1, -0.05) is 44.7 Å². The van der Waals surface area contributed by atoms with Gasteiger partial charge in [-0.05, 0) is 19.4 Å². The summed E-state index contributed by atoms with van der Waals surface area (Å²) >= 11 is 0. The summed E-state index contributed by atoms with van der Waals surface area (Å²) in [6.45, 7) is 11.3. The molecule has 14 heavy (non-hydrogen) atoms. The number of nitrogens with one attached hydrogen (secondary N) is 1. The minimum absolute atomic E-state index is 0.250. The van der Waals surface area contributed by atoms with E-state index in [-0.39, 0.29) is 6.61 Å². The van der Waals surface area contributed by atoms with E-state index in [0.29, 0.717) is 0 Å². The summed E-state index contributed by atoms with van der Waals surface area (Å²) in [7, 11) is 0. The van der Waals surface area contributed by atoms with Crippen LogP contribution in [0.25, 0.3) is 0 Å². The summed E-state index contributed by atoms with van der Waals surface area (Å²) in [5.41, 5.74) is 0.938. The van der Waals surface area contributed by atoms with Crippen LogP contribution in [0.3, 0.4) is 0 Å².